The third-order valence-electron chi connectivity index (χ3n) is 5.32. The van der Waals surface area contributed by atoms with E-state index in [1.165, 1.54) is 12.3 Å². The molecule has 0 spiro atoms. The van der Waals surface area contributed by atoms with Crippen LogP contribution in [0.15, 0.2) is 41.1 Å². The van der Waals surface area contributed by atoms with Gasteiger partial charge >= 0.3 is 12.5 Å². The first-order valence-corrected chi connectivity index (χ1v) is 11.5. The van der Waals surface area contributed by atoms with Crippen molar-refractivity contribution in [2.75, 3.05) is 18.4 Å². The van der Waals surface area contributed by atoms with E-state index in [4.69, 9.17) is 9.26 Å². The third-order valence-corrected chi connectivity index (χ3v) is 5.32. The van der Waals surface area contributed by atoms with Gasteiger partial charge in [-0.2, -0.15) is 4.98 Å². The first kappa shape index (κ1) is 26.2. The number of hydrogen-bond acceptors (Lipinski definition) is 8. The number of anilines is 2. The maximum Gasteiger partial charge on any atom is 0.573 e. The number of alkyl halides is 3. The summed E-state index contributed by atoms with van der Waals surface area (Å²) < 4.78 is 65.4. The largest absolute Gasteiger partial charge is 0.573 e. The summed E-state index contributed by atoms with van der Waals surface area (Å²) in [5.41, 5.74) is 0.149. The molecule has 0 bridgehead atoms. The van der Waals surface area contributed by atoms with E-state index in [9.17, 15) is 22.4 Å². The lowest BCUT2D eigenvalue weighted by molar-refractivity contribution is -0.275. The Balaban J connectivity index is 1.39. The molecule has 0 saturated carbocycles. The maximum atomic E-state index is 13.9. The van der Waals surface area contributed by atoms with Crippen molar-refractivity contribution in [2.45, 2.75) is 51.5 Å². The number of benzene rings is 1. The number of aromatic nitrogens is 3. The van der Waals surface area contributed by atoms with Crippen molar-refractivity contribution in [3.63, 3.8) is 0 Å². The van der Waals surface area contributed by atoms with Crippen LogP contribution in [-0.2, 0) is 4.74 Å². The number of nitrogens with zero attached hydrogens (tertiary/aromatic N) is 4. The van der Waals surface area contributed by atoms with Gasteiger partial charge in [0, 0.05) is 36.6 Å². The van der Waals surface area contributed by atoms with Crippen LogP contribution in [0.25, 0.3) is 11.4 Å². The van der Waals surface area contributed by atoms with Gasteiger partial charge in [-0.3, -0.25) is 0 Å². The average Bonchev–Trinajstić information content (AvgIpc) is 3.30. The molecule has 9 nitrogen and oxygen atoms in total. The van der Waals surface area contributed by atoms with Crippen LogP contribution in [0, 0.1) is 5.82 Å². The molecule has 4 rings (SSSR count). The molecule has 1 aliphatic heterocycles. The second-order valence-electron chi connectivity index (χ2n) is 9.47. The minimum atomic E-state index is -4.99. The van der Waals surface area contributed by atoms with Crippen LogP contribution in [0.3, 0.4) is 0 Å². The van der Waals surface area contributed by atoms with Crippen molar-refractivity contribution in [3.8, 4) is 17.1 Å². The number of likely N-dealkylation sites (tertiary alicyclic amines) is 1. The zero-order valence-electron chi connectivity index (χ0n) is 20.3. The zero-order valence-corrected chi connectivity index (χ0v) is 20.3. The first-order valence-electron chi connectivity index (χ1n) is 11.5. The van der Waals surface area contributed by atoms with Crippen LogP contribution >= 0.6 is 0 Å². The number of piperidine rings is 1. The molecule has 2 aromatic heterocycles. The lowest BCUT2D eigenvalue weighted by Gasteiger charge is -2.32. The molecule has 1 fully saturated rings. The van der Waals surface area contributed by atoms with E-state index >= 15 is 0 Å². The van der Waals surface area contributed by atoms with Crippen LogP contribution in [-0.4, -0.2) is 51.2 Å². The van der Waals surface area contributed by atoms with Gasteiger partial charge < -0.3 is 24.2 Å². The number of rotatable bonds is 5. The summed E-state index contributed by atoms with van der Waals surface area (Å²) in [6, 6.07) is 6.21. The van der Waals surface area contributed by atoms with Crippen LogP contribution in [0.5, 0.6) is 5.75 Å². The predicted molar refractivity (Wildman–Crippen MR) is 124 cm³/mol. The molecule has 37 heavy (non-hydrogen) atoms. The minimum absolute atomic E-state index is 0.129. The quantitative estimate of drug-likeness (QED) is 0.405. The third kappa shape index (κ3) is 7.08. The van der Waals surface area contributed by atoms with E-state index in [1.54, 1.807) is 17.0 Å². The zero-order chi connectivity index (χ0) is 26.8. The molecule has 0 aliphatic carbocycles. The Morgan fingerprint density at radius 3 is 2.62 bits per heavy atom. The van der Waals surface area contributed by atoms with Gasteiger partial charge in [0.2, 0.25) is 11.7 Å². The fourth-order valence-corrected chi connectivity index (χ4v) is 3.72. The smallest absolute Gasteiger partial charge is 0.444 e. The van der Waals surface area contributed by atoms with Gasteiger partial charge in [-0.05, 0) is 57.9 Å². The number of pyridine rings is 1. The minimum Gasteiger partial charge on any atom is -0.444 e. The van der Waals surface area contributed by atoms with Crippen LogP contribution in [0.4, 0.5) is 33.9 Å². The summed E-state index contributed by atoms with van der Waals surface area (Å²) >= 11 is 0. The van der Waals surface area contributed by atoms with Crippen molar-refractivity contribution in [1.29, 1.82) is 0 Å². The first-order chi connectivity index (χ1) is 17.4. The molecule has 1 aromatic carbocycles. The molecule has 1 atom stereocenters. The summed E-state index contributed by atoms with van der Waals surface area (Å²) in [5, 5.41) is 6.82. The average molecular weight is 523 g/mol. The molecule has 0 unspecified atom stereocenters. The fraction of sp³-hybridized carbons (Fsp3) is 0.417. The van der Waals surface area contributed by atoms with Crippen molar-refractivity contribution >= 4 is 17.6 Å². The summed E-state index contributed by atoms with van der Waals surface area (Å²) in [6.07, 6.45) is -2.34. The Morgan fingerprint density at radius 1 is 1.19 bits per heavy atom. The molecular weight excluding hydrogens is 498 g/mol. The number of ether oxygens (including phenoxy) is 2. The number of halogens is 4. The molecule has 13 heteroatoms. The SMILES string of the molecule is CC(C)(C)OC(=O)N1CCC[C@@H](c2nc(-c3ccc(Nc4ccc(OC(F)(F)F)c(F)c4)nc3)no2)C1. The van der Waals surface area contributed by atoms with E-state index in [0.717, 1.165) is 25.0 Å². The number of nitrogens with one attached hydrogen (secondary N) is 1. The lowest BCUT2D eigenvalue weighted by Crippen LogP contribution is -2.42. The summed E-state index contributed by atoms with van der Waals surface area (Å²) in [6.45, 7) is 6.43. The molecule has 198 valence electrons. The van der Waals surface area contributed by atoms with Gasteiger partial charge in [-0.25, -0.2) is 14.2 Å². The molecule has 3 heterocycles. The maximum absolute atomic E-state index is 13.9. The second kappa shape index (κ2) is 10.2. The van der Waals surface area contributed by atoms with Crippen molar-refractivity contribution in [2.24, 2.45) is 0 Å². The van der Waals surface area contributed by atoms with Gasteiger partial charge in [0.15, 0.2) is 11.6 Å². The van der Waals surface area contributed by atoms with E-state index in [2.05, 4.69) is 25.2 Å². The van der Waals surface area contributed by atoms with Gasteiger partial charge in [-0.1, -0.05) is 5.16 Å². The number of carbonyl (C=O) groups excluding carboxylic acids is 1. The lowest BCUT2D eigenvalue weighted by atomic mass is 9.98. The Morgan fingerprint density at radius 2 is 1.97 bits per heavy atom. The van der Waals surface area contributed by atoms with Crippen LogP contribution in [0.1, 0.15) is 45.4 Å². The highest BCUT2D eigenvalue weighted by Gasteiger charge is 2.33. The van der Waals surface area contributed by atoms with Crippen LogP contribution < -0.4 is 10.1 Å². The van der Waals surface area contributed by atoms with Crippen molar-refractivity contribution in [3.05, 3.63) is 48.2 Å². The van der Waals surface area contributed by atoms with Crippen molar-refractivity contribution < 1.29 is 36.4 Å². The fourth-order valence-electron chi connectivity index (χ4n) is 3.72. The monoisotopic (exact) mass is 523 g/mol. The van der Waals surface area contributed by atoms with Crippen molar-refractivity contribution in [1.82, 2.24) is 20.0 Å². The Bertz CT molecular complexity index is 1240. The highest BCUT2D eigenvalue weighted by molar-refractivity contribution is 5.68. The highest BCUT2D eigenvalue weighted by atomic mass is 19.4. The summed E-state index contributed by atoms with van der Waals surface area (Å²) in [5.74, 6) is -1.20. The molecule has 1 saturated heterocycles. The van der Waals surface area contributed by atoms with Gasteiger partial charge in [0.25, 0.3) is 0 Å². The Labute approximate surface area is 209 Å². The second-order valence-corrected chi connectivity index (χ2v) is 9.47. The van der Waals surface area contributed by atoms with Crippen LogP contribution in [0.2, 0.25) is 0 Å². The van der Waals surface area contributed by atoms with Gasteiger partial charge in [-0.15, -0.1) is 13.2 Å². The number of amides is 1. The topological polar surface area (TPSA) is 103 Å². The Hall–Kier alpha value is -3.90. The molecule has 1 N–H and O–H groups in total. The number of hydrogen-bond donors (Lipinski definition) is 1. The van der Waals surface area contributed by atoms with E-state index in [-0.39, 0.29) is 17.7 Å². The van der Waals surface area contributed by atoms with E-state index < -0.39 is 23.5 Å². The normalized spacial score (nSPS) is 16.4. The molecule has 1 aliphatic rings. The molecular formula is C24H25F4N5O4. The van der Waals surface area contributed by atoms with E-state index in [0.29, 0.717) is 36.2 Å². The standard InChI is InChI=1S/C24H25F4N5O4/c1-23(2,3)36-22(34)33-10-4-5-15(13-33)21-31-20(32-37-21)14-6-9-19(29-12-14)30-16-7-8-18(17(25)11-16)35-24(26,27)28/h6-9,11-12,15H,4-5,10,13H2,1-3H3,(H,29,30)/t15-/m1/s1. The summed E-state index contributed by atoms with van der Waals surface area (Å²) in [4.78, 5) is 22.7. The predicted octanol–water partition coefficient (Wildman–Crippen LogP) is 6.03. The summed E-state index contributed by atoms with van der Waals surface area (Å²) in [7, 11) is 0. The van der Waals surface area contributed by atoms with Gasteiger partial charge in [0.1, 0.15) is 11.4 Å². The molecule has 3 aromatic rings. The molecule has 1 amide bonds. The Kier molecular flexibility index (Phi) is 7.23. The highest BCUT2D eigenvalue weighted by Crippen LogP contribution is 2.30. The van der Waals surface area contributed by atoms with Gasteiger partial charge in [0.05, 0.1) is 5.92 Å². The molecule has 0 radical (unpaired) electrons. The van der Waals surface area contributed by atoms with E-state index in [1.807, 2.05) is 20.8 Å². The number of carbonyl (C=O) groups is 1.